The van der Waals surface area contributed by atoms with Crippen LogP contribution in [0.4, 0.5) is 0 Å². The minimum absolute atomic E-state index is 0.0706. The highest BCUT2D eigenvalue weighted by molar-refractivity contribution is 7.18. The molecule has 1 aromatic carbocycles. The van der Waals surface area contributed by atoms with Crippen molar-refractivity contribution in [2.75, 3.05) is 0 Å². The monoisotopic (exact) mass is 388 g/mol. The molecule has 1 aliphatic carbocycles. The number of carbonyl (C=O) groups is 1. The van der Waals surface area contributed by atoms with E-state index in [1.807, 2.05) is 12.1 Å². The molecular weight excluding hydrogens is 372 g/mol. The number of hydrogen-bond acceptors (Lipinski definition) is 5. The normalized spacial score (nSPS) is 14.4. The van der Waals surface area contributed by atoms with E-state index < -0.39 is 12.0 Å². The van der Waals surface area contributed by atoms with E-state index in [1.54, 1.807) is 30.4 Å². The number of benzene rings is 1. The van der Waals surface area contributed by atoms with Crippen LogP contribution in [0.25, 0.3) is 10.2 Å². The zero-order valence-electron chi connectivity index (χ0n) is 14.2. The van der Waals surface area contributed by atoms with Crippen LogP contribution < -0.4 is 5.56 Å². The molecule has 0 unspecified atom stereocenters. The van der Waals surface area contributed by atoms with Crippen molar-refractivity contribution in [2.24, 2.45) is 0 Å². The van der Waals surface area contributed by atoms with Gasteiger partial charge in [-0.25, -0.2) is 9.78 Å². The van der Waals surface area contributed by atoms with E-state index in [9.17, 15) is 9.59 Å². The van der Waals surface area contributed by atoms with Crippen LogP contribution in [0.3, 0.4) is 0 Å². The number of aromatic nitrogens is 2. The van der Waals surface area contributed by atoms with E-state index in [-0.39, 0.29) is 12.2 Å². The van der Waals surface area contributed by atoms with Crippen molar-refractivity contribution in [1.82, 2.24) is 9.55 Å². The second kappa shape index (κ2) is 6.85. The van der Waals surface area contributed by atoms with Gasteiger partial charge < -0.3 is 4.74 Å². The molecule has 1 atom stereocenters. The quantitative estimate of drug-likeness (QED) is 0.636. The number of aryl methyl sites for hydroxylation is 2. The predicted octanol–water partition coefficient (Wildman–Crippen LogP) is 3.90. The van der Waals surface area contributed by atoms with Crippen LogP contribution >= 0.6 is 22.9 Å². The first kappa shape index (κ1) is 17.2. The summed E-state index contributed by atoms with van der Waals surface area (Å²) in [6.45, 7) is 1.72. The average Bonchev–Trinajstić information content (AvgIpc) is 3.21. The number of carbonyl (C=O) groups excluding carboxylic acids is 1. The number of thiophene rings is 1. The van der Waals surface area contributed by atoms with Gasteiger partial charge in [0.05, 0.1) is 11.7 Å². The lowest BCUT2D eigenvalue weighted by molar-refractivity contribution is -0.148. The number of rotatable bonds is 4. The molecule has 5 nitrogen and oxygen atoms in total. The molecule has 4 rings (SSSR count). The molecule has 134 valence electrons. The van der Waals surface area contributed by atoms with Crippen molar-refractivity contribution in [3.63, 3.8) is 0 Å². The fourth-order valence-corrected chi connectivity index (χ4v) is 4.68. The van der Waals surface area contributed by atoms with Crippen LogP contribution in [-0.4, -0.2) is 15.5 Å². The third-order valence-corrected chi connectivity index (χ3v) is 6.31. The zero-order valence-corrected chi connectivity index (χ0v) is 15.8. The maximum absolute atomic E-state index is 12.9. The minimum atomic E-state index is -0.751. The average molecular weight is 389 g/mol. The molecule has 0 aliphatic heterocycles. The summed E-state index contributed by atoms with van der Waals surface area (Å²) in [6, 6.07) is 6.44. The standard InChI is InChI=1S/C19H17ClN2O3S/c1-11(19(24)25-9-12-5-2-3-7-14(12)20)22-10-21-17-16(18(22)23)13-6-4-8-15(13)26-17/h2-3,5,7,10-11H,4,6,8-9H2,1H3/t11-/m0/s1. The summed E-state index contributed by atoms with van der Waals surface area (Å²) in [5.41, 5.74) is 1.66. The molecule has 0 spiro atoms. The molecule has 0 radical (unpaired) electrons. The van der Waals surface area contributed by atoms with E-state index in [4.69, 9.17) is 16.3 Å². The molecule has 2 heterocycles. The molecule has 0 bridgehead atoms. The zero-order chi connectivity index (χ0) is 18.3. The highest BCUT2D eigenvalue weighted by Gasteiger charge is 2.24. The Morgan fingerprint density at radius 3 is 3.00 bits per heavy atom. The molecule has 2 aromatic heterocycles. The summed E-state index contributed by atoms with van der Waals surface area (Å²) in [6.07, 6.45) is 4.42. The molecule has 0 amide bonds. The fraction of sp³-hybridized carbons (Fsp3) is 0.316. The van der Waals surface area contributed by atoms with E-state index in [0.717, 1.165) is 35.2 Å². The molecule has 1 aliphatic rings. The van der Waals surface area contributed by atoms with Gasteiger partial charge in [0.1, 0.15) is 17.5 Å². The van der Waals surface area contributed by atoms with Gasteiger partial charge in [-0.2, -0.15) is 0 Å². The lowest BCUT2D eigenvalue weighted by atomic mass is 10.2. The molecule has 0 fully saturated rings. The van der Waals surface area contributed by atoms with Gasteiger partial charge in [0, 0.05) is 15.5 Å². The Labute approximate surface area is 159 Å². The number of halogens is 1. The third kappa shape index (κ3) is 2.93. The SMILES string of the molecule is C[C@@H](C(=O)OCc1ccccc1Cl)n1cnc2sc3c(c2c1=O)CCC3. The first-order chi connectivity index (χ1) is 12.6. The van der Waals surface area contributed by atoms with Gasteiger partial charge in [-0.15, -0.1) is 11.3 Å². The summed E-state index contributed by atoms with van der Waals surface area (Å²) in [7, 11) is 0. The van der Waals surface area contributed by atoms with Crippen LogP contribution in [0.1, 0.15) is 35.4 Å². The lowest BCUT2D eigenvalue weighted by Crippen LogP contribution is -2.29. The van der Waals surface area contributed by atoms with Crippen molar-refractivity contribution in [2.45, 2.75) is 38.8 Å². The van der Waals surface area contributed by atoms with Gasteiger partial charge in [-0.05, 0) is 37.8 Å². The van der Waals surface area contributed by atoms with E-state index in [2.05, 4.69) is 4.98 Å². The van der Waals surface area contributed by atoms with Gasteiger partial charge in [-0.3, -0.25) is 9.36 Å². The lowest BCUT2D eigenvalue weighted by Gasteiger charge is -2.14. The Morgan fingerprint density at radius 2 is 2.19 bits per heavy atom. The Balaban J connectivity index is 1.59. The van der Waals surface area contributed by atoms with Crippen LogP contribution in [0.15, 0.2) is 35.4 Å². The Bertz CT molecular complexity index is 1060. The second-order valence-corrected chi connectivity index (χ2v) is 7.86. The summed E-state index contributed by atoms with van der Waals surface area (Å²) >= 11 is 7.66. The van der Waals surface area contributed by atoms with Gasteiger partial charge in [0.15, 0.2) is 0 Å². The largest absolute Gasteiger partial charge is 0.459 e. The summed E-state index contributed by atoms with van der Waals surface area (Å²) in [4.78, 5) is 31.8. The maximum Gasteiger partial charge on any atom is 0.329 e. The van der Waals surface area contributed by atoms with Crippen LogP contribution in [0.5, 0.6) is 0 Å². The Morgan fingerprint density at radius 1 is 1.38 bits per heavy atom. The van der Waals surface area contributed by atoms with Crippen molar-refractivity contribution in [1.29, 1.82) is 0 Å². The van der Waals surface area contributed by atoms with Crippen LogP contribution in [0.2, 0.25) is 5.02 Å². The van der Waals surface area contributed by atoms with Crippen LogP contribution in [0, 0.1) is 0 Å². The van der Waals surface area contributed by atoms with Crippen molar-refractivity contribution >= 4 is 39.1 Å². The highest BCUT2D eigenvalue weighted by atomic mass is 35.5. The van der Waals surface area contributed by atoms with E-state index in [0.29, 0.717) is 10.4 Å². The number of esters is 1. The molecule has 3 aromatic rings. The molecule has 7 heteroatoms. The summed E-state index contributed by atoms with van der Waals surface area (Å²) in [5.74, 6) is -0.486. The Kier molecular flexibility index (Phi) is 4.54. The molecule has 0 N–H and O–H groups in total. The first-order valence-electron chi connectivity index (χ1n) is 8.47. The third-order valence-electron chi connectivity index (χ3n) is 4.74. The predicted molar refractivity (Wildman–Crippen MR) is 102 cm³/mol. The molecule has 0 saturated heterocycles. The maximum atomic E-state index is 12.9. The minimum Gasteiger partial charge on any atom is -0.459 e. The number of ether oxygens (including phenoxy) is 1. The fourth-order valence-electron chi connectivity index (χ4n) is 3.27. The van der Waals surface area contributed by atoms with Crippen molar-refractivity contribution in [3.05, 3.63) is 62.0 Å². The summed E-state index contributed by atoms with van der Waals surface area (Å²) in [5, 5.41) is 1.21. The second-order valence-electron chi connectivity index (χ2n) is 6.37. The summed E-state index contributed by atoms with van der Waals surface area (Å²) < 4.78 is 6.72. The molecule has 26 heavy (non-hydrogen) atoms. The van der Waals surface area contributed by atoms with E-state index >= 15 is 0 Å². The molecular formula is C19H17ClN2O3S. The van der Waals surface area contributed by atoms with Gasteiger partial charge >= 0.3 is 5.97 Å². The number of hydrogen-bond donors (Lipinski definition) is 0. The van der Waals surface area contributed by atoms with Gasteiger partial charge in [-0.1, -0.05) is 29.8 Å². The Hall–Kier alpha value is -2.18. The first-order valence-corrected chi connectivity index (χ1v) is 9.67. The van der Waals surface area contributed by atoms with Crippen molar-refractivity contribution < 1.29 is 9.53 Å². The van der Waals surface area contributed by atoms with Crippen LogP contribution in [-0.2, 0) is 29.0 Å². The topological polar surface area (TPSA) is 61.2 Å². The number of fused-ring (bicyclic) bond motifs is 3. The van der Waals surface area contributed by atoms with Gasteiger partial charge in [0.2, 0.25) is 0 Å². The van der Waals surface area contributed by atoms with Gasteiger partial charge in [0.25, 0.3) is 5.56 Å². The highest BCUT2D eigenvalue weighted by Crippen LogP contribution is 2.34. The van der Waals surface area contributed by atoms with E-state index in [1.165, 1.54) is 15.8 Å². The van der Waals surface area contributed by atoms with Crippen molar-refractivity contribution in [3.8, 4) is 0 Å². The smallest absolute Gasteiger partial charge is 0.329 e. The number of nitrogens with zero attached hydrogens (tertiary/aromatic N) is 2. The molecule has 0 saturated carbocycles.